The fourth-order valence-corrected chi connectivity index (χ4v) is 1.89. The monoisotopic (exact) mass is 307 g/mol. The first kappa shape index (κ1) is 15.2. The highest BCUT2D eigenvalue weighted by atomic mass is 35.5. The van der Waals surface area contributed by atoms with Gasteiger partial charge in [-0.2, -0.15) is 5.10 Å². The number of hydrogen-bond donors (Lipinski definition) is 1. The van der Waals surface area contributed by atoms with Crippen LogP contribution < -0.4 is 5.32 Å². The number of nitrogens with one attached hydrogen (secondary N) is 1. The molecule has 0 fully saturated rings. The van der Waals surface area contributed by atoms with Gasteiger partial charge in [-0.05, 0) is 36.9 Å². The summed E-state index contributed by atoms with van der Waals surface area (Å²) >= 11 is 6.03. The lowest BCUT2D eigenvalue weighted by Gasteiger charge is -2.04. The second-order valence-electron chi connectivity index (χ2n) is 4.19. The van der Waals surface area contributed by atoms with Gasteiger partial charge in [-0.1, -0.05) is 11.6 Å². The van der Waals surface area contributed by atoms with Gasteiger partial charge >= 0.3 is 0 Å². The highest BCUT2D eigenvalue weighted by molar-refractivity contribution is 6.32. The third-order valence-electron chi connectivity index (χ3n) is 2.64. The molecule has 0 atom stereocenters. The Morgan fingerprint density at radius 1 is 1.52 bits per heavy atom. The van der Waals surface area contributed by atoms with Crippen LogP contribution in [0, 0.1) is 0 Å². The van der Waals surface area contributed by atoms with Crippen molar-refractivity contribution in [2.75, 3.05) is 5.32 Å². The fraction of sp³-hybridized carbons (Fsp3) is 0.214. The molecule has 2 aromatic heterocycles. The smallest absolute Gasteiger partial charge is 0.174 e. The highest BCUT2D eigenvalue weighted by Crippen LogP contribution is 2.23. The number of anilines is 2. The summed E-state index contributed by atoms with van der Waals surface area (Å²) in [6.45, 7) is 2.79. The Kier molecular flexibility index (Phi) is 5.45. The van der Waals surface area contributed by atoms with Crippen LogP contribution in [-0.4, -0.2) is 21.0 Å². The molecule has 2 heterocycles. The van der Waals surface area contributed by atoms with Crippen LogP contribution in [0.25, 0.3) is 0 Å². The number of rotatable bonds is 6. The van der Waals surface area contributed by atoms with E-state index in [-0.39, 0.29) is 0 Å². The quantitative estimate of drug-likeness (QED) is 0.827. The van der Waals surface area contributed by atoms with E-state index < -0.39 is 0 Å². The van der Waals surface area contributed by atoms with E-state index in [1.54, 1.807) is 18.6 Å². The van der Waals surface area contributed by atoms with E-state index in [9.17, 15) is 4.39 Å². The zero-order chi connectivity index (χ0) is 15.1. The van der Waals surface area contributed by atoms with Crippen molar-refractivity contribution >= 4 is 29.3 Å². The van der Waals surface area contributed by atoms with Crippen LogP contribution in [0.5, 0.6) is 0 Å². The second-order valence-corrected chi connectivity index (χ2v) is 4.55. The van der Waals surface area contributed by atoms with Crippen molar-refractivity contribution in [2.24, 2.45) is 4.99 Å². The molecule has 2 aromatic rings. The Balaban J connectivity index is 2.12. The number of pyridine rings is 1. The predicted molar refractivity (Wildman–Crippen MR) is 82.9 cm³/mol. The molecule has 7 heteroatoms. The molecule has 0 amide bonds. The summed E-state index contributed by atoms with van der Waals surface area (Å²) in [5.41, 5.74) is 1.65. The number of aromatic nitrogens is 3. The highest BCUT2D eigenvalue weighted by Gasteiger charge is 2.07. The lowest BCUT2D eigenvalue weighted by molar-refractivity contribution is 0.669. The van der Waals surface area contributed by atoms with Crippen molar-refractivity contribution in [3.8, 4) is 0 Å². The fourth-order valence-electron chi connectivity index (χ4n) is 1.70. The van der Waals surface area contributed by atoms with E-state index in [0.717, 1.165) is 5.56 Å². The molecule has 0 unspecified atom stereocenters. The molecular formula is C14H15ClFN5. The van der Waals surface area contributed by atoms with Gasteiger partial charge in [0.05, 0.1) is 31.3 Å². The Morgan fingerprint density at radius 2 is 2.38 bits per heavy atom. The molecule has 0 aliphatic heterocycles. The maximum atomic E-state index is 12.0. The van der Waals surface area contributed by atoms with Crippen molar-refractivity contribution in [1.29, 1.82) is 0 Å². The average molecular weight is 308 g/mol. The van der Waals surface area contributed by atoms with Gasteiger partial charge in [-0.25, -0.2) is 9.37 Å². The lowest BCUT2D eigenvalue weighted by atomic mass is 10.2. The van der Waals surface area contributed by atoms with Gasteiger partial charge in [0, 0.05) is 6.20 Å². The average Bonchev–Trinajstić information content (AvgIpc) is 2.83. The minimum Gasteiger partial charge on any atom is -0.336 e. The molecule has 5 nitrogen and oxygen atoms in total. The molecule has 0 aromatic carbocycles. The molecule has 1 N–H and O–H groups in total. The van der Waals surface area contributed by atoms with Crippen LogP contribution in [0.2, 0.25) is 5.15 Å². The van der Waals surface area contributed by atoms with Crippen LogP contribution >= 0.6 is 11.6 Å². The predicted octanol–water partition coefficient (Wildman–Crippen LogP) is 3.75. The first-order valence-electron chi connectivity index (χ1n) is 6.37. The molecule has 2 rings (SSSR count). The maximum Gasteiger partial charge on any atom is 0.174 e. The van der Waals surface area contributed by atoms with Crippen LogP contribution in [0.15, 0.2) is 41.9 Å². The lowest BCUT2D eigenvalue weighted by Crippen LogP contribution is -1.95. The zero-order valence-electron chi connectivity index (χ0n) is 11.5. The van der Waals surface area contributed by atoms with Crippen molar-refractivity contribution < 1.29 is 4.39 Å². The van der Waals surface area contributed by atoms with Gasteiger partial charge in [0.15, 0.2) is 5.15 Å². The largest absolute Gasteiger partial charge is 0.336 e. The first-order valence-corrected chi connectivity index (χ1v) is 6.75. The third kappa shape index (κ3) is 4.39. The summed E-state index contributed by atoms with van der Waals surface area (Å²) < 4.78 is 13.5. The van der Waals surface area contributed by atoms with Crippen molar-refractivity contribution in [3.63, 3.8) is 0 Å². The van der Waals surface area contributed by atoms with E-state index in [0.29, 0.717) is 36.1 Å². The molecular weight excluding hydrogens is 293 g/mol. The summed E-state index contributed by atoms with van der Waals surface area (Å²) in [6.07, 6.45) is 6.97. The van der Waals surface area contributed by atoms with Crippen LogP contribution in [0.4, 0.5) is 15.9 Å². The molecule has 0 aliphatic rings. The standard InChI is InChI=1S/C14H15ClFN5/c1-2-17-9-11-4-6-18-13(8-11)19-12-10-21(7-3-5-16)20-14(12)15/h2-6,8,10H,7,9H2,1H3,(H,18,19)/b5-3-,17-2?. The number of nitrogens with zero attached hydrogens (tertiary/aromatic N) is 4. The van der Waals surface area contributed by atoms with Crippen LogP contribution in [0.1, 0.15) is 12.5 Å². The molecule has 0 radical (unpaired) electrons. The Morgan fingerprint density at radius 3 is 3.14 bits per heavy atom. The van der Waals surface area contributed by atoms with Gasteiger partial charge in [-0.15, -0.1) is 0 Å². The van der Waals surface area contributed by atoms with Crippen molar-refractivity contribution in [1.82, 2.24) is 14.8 Å². The van der Waals surface area contributed by atoms with E-state index in [1.807, 2.05) is 19.1 Å². The Labute approximate surface area is 127 Å². The van der Waals surface area contributed by atoms with Crippen LogP contribution in [0.3, 0.4) is 0 Å². The second kappa shape index (κ2) is 7.54. The molecule has 0 spiro atoms. The molecule has 0 aliphatic carbocycles. The topological polar surface area (TPSA) is 55.1 Å². The zero-order valence-corrected chi connectivity index (χ0v) is 12.3. The summed E-state index contributed by atoms with van der Waals surface area (Å²) in [5, 5.41) is 7.46. The minimum absolute atomic E-state index is 0.307. The Bertz CT molecular complexity index is 651. The van der Waals surface area contributed by atoms with Crippen molar-refractivity contribution in [3.05, 3.63) is 47.6 Å². The molecule has 0 saturated heterocycles. The molecule has 0 bridgehead atoms. The maximum absolute atomic E-state index is 12.0. The minimum atomic E-state index is 0.307. The van der Waals surface area contributed by atoms with Gasteiger partial charge < -0.3 is 5.32 Å². The Hall–Kier alpha value is -2.21. The van der Waals surface area contributed by atoms with Gasteiger partial charge in [0.2, 0.25) is 0 Å². The van der Waals surface area contributed by atoms with Crippen LogP contribution in [-0.2, 0) is 13.1 Å². The third-order valence-corrected chi connectivity index (χ3v) is 2.92. The number of allylic oxidation sites excluding steroid dienone is 1. The van der Waals surface area contributed by atoms with Gasteiger partial charge in [-0.3, -0.25) is 9.67 Å². The van der Waals surface area contributed by atoms with Gasteiger partial charge in [0.1, 0.15) is 5.82 Å². The summed E-state index contributed by atoms with van der Waals surface area (Å²) in [5.74, 6) is 0.654. The number of hydrogen-bond acceptors (Lipinski definition) is 4. The molecule has 0 saturated carbocycles. The van der Waals surface area contributed by atoms with E-state index in [1.165, 1.54) is 10.8 Å². The van der Waals surface area contributed by atoms with Gasteiger partial charge in [0.25, 0.3) is 0 Å². The number of aliphatic imine (C=N–C) groups is 1. The van der Waals surface area contributed by atoms with E-state index in [4.69, 9.17) is 11.6 Å². The summed E-state index contributed by atoms with van der Waals surface area (Å²) in [4.78, 5) is 8.40. The van der Waals surface area contributed by atoms with E-state index in [2.05, 4.69) is 20.4 Å². The van der Waals surface area contributed by atoms with Crippen molar-refractivity contribution in [2.45, 2.75) is 20.0 Å². The summed E-state index contributed by atoms with van der Waals surface area (Å²) in [7, 11) is 0. The summed E-state index contributed by atoms with van der Waals surface area (Å²) in [6, 6.07) is 3.79. The number of halogens is 2. The van der Waals surface area contributed by atoms with E-state index >= 15 is 0 Å². The molecule has 21 heavy (non-hydrogen) atoms. The first-order chi connectivity index (χ1) is 10.2. The normalized spacial score (nSPS) is 11.6. The SMILES string of the molecule is CC=NCc1ccnc(Nc2cn(C/C=C\F)nc2Cl)c1. The molecule has 110 valence electrons.